The second kappa shape index (κ2) is 73.3. The van der Waals surface area contributed by atoms with Crippen LogP contribution in [0.4, 0.5) is 0 Å². The van der Waals surface area contributed by atoms with E-state index in [9.17, 15) is 19.8 Å². The molecule has 0 aliphatic carbocycles. The van der Waals surface area contributed by atoms with Gasteiger partial charge in [-0.05, 0) is 89.9 Å². The number of amides is 1. The maximum atomic E-state index is 12.5. The first kappa shape index (κ1) is 81.8. The summed E-state index contributed by atoms with van der Waals surface area (Å²) in [5, 5.41) is 23.3. The van der Waals surface area contributed by atoms with Crippen LogP contribution in [-0.4, -0.2) is 47.4 Å². The van der Waals surface area contributed by atoms with Gasteiger partial charge < -0.3 is 20.3 Å². The first-order chi connectivity index (χ1) is 41.5. The maximum absolute atomic E-state index is 12.5. The third kappa shape index (κ3) is 68.9. The van der Waals surface area contributed by atoms with Gasteiger partial charge in [0.1, 0.15) is 0 Å². The molecule has 0 fully saturated rings. The lowest BCUT2D eigenvalue weighted by molar-refractivity contribution is -0.143. The molecule has 494 valence electrons. The minimum Gasteiger partial charge on any atom is -0.466 e. The van der Waals surface area contributed by atoms with Crippen LogP contribution in [0.15, 0.2) is 48.6 Å². The summed E-state index contributed by atoms with van der Waals surface area (Å²) in [6.45, 7) is 4.91. The van der Waals surface area contributed by atoms with Gasteiger partial charge in [0, 0.05) is 12.8 Å². The number of allylic oxidation sites excluding steroid dienone is 7. The normalized spacial score (nSPS) is 12.8. The summed E-state index contributed by atoms with van der Waals surface area (Å²) in [6, 6.07) is -0.635. The van der Waals surface area contributed by atoms with Crippen molar-refractivity contribution >= 4 is 11.9 Å². The smallest absolute Gasteiger partial charge is 0.305 e. The Labute approximate surface area is 525 Å². The molecule has 0 heterocycles. The van der Waals surface area contributed by atoms with Gasteiger partial charge in [-0.25, -0.2) is 0 Å². The largest absolute Gasteiger partial charge is 0.466 e. The molecule has 0 aromatic carbocycles. The number of ether oxygens (including phenoxy) is 1. The Morgan fingerprint density at radius 1 is 0.333 bits per heavy atom. The third-order valence-electron chi connectivity index (χ3n) is 17.6. The standard InChI is InChI=1S/C78H147NO5/c1-3-5-7-9-11-13-15-17-19-21-23-24-25-26-28-31-35-38-42-46-50-54-58-62-66-70-76(81)75(74-80)79-77(82)71-67-63-59-55-51-47-43-39-36-32-29-27-30-33-37-41-45-49-53-57-61-65-69-73-84-78(83)72-68-64-60-56-52-48-44-40-34-22-20-18-16-14-12-10-8-6-4-2/h12,14,18,20,32,36,66,70,75-76,80-81H,3-11,13,15-17,19,21-31,33-35,37-65,67-69,71-74H2,1-2H3,(H,79,82)/b14-12-,20-18-,36-32-,70-66+. The highest BCUT2D eigenvalue weighted by Crippen LogP contribution is 2.19. The molecule has 3 N–H and O–H groups in total. The first-order valence-corrected chi connectivity index (χ1v) is 37.9. The molecule has 6 heteroatoms. The van der Waals surface area contributed by atoms with E-state index in [0.717, 1.165) is 57.8 Å². The molecule has 0 saturated heterocycles. The molecule has 0 radical (unpaired) electrons. The Hall–Kier alpha value is -2.18. The highest BCUT2D eigenvalue weighted by atomic mass is 16.5. The lowest BCUT2D eigenvalue weighted by Crippen LogP contribution is -2.45. The number of hydrogen-bond acceptors (Lipinski definition) is 5. The molecule has 0 aliphatic rings. The highest BCUT2D eigenvalue weighted by molar-refractivity contribution is 5.76. The molecule has 0 saturated carbocycles. The van der Waals surface area contributed by atoms with E-state index in [4.69, 9.17) is 4.74 Å². The summed E-state index contributed by atoms with van der Waals surface area (Å²) in [4.78, 5) is 24.7. The van der Waals surface area contributed by atoms with Crippen LogP contribution in [0.1, 0.15) is 412 Å². The number of aliphatic hydroxyl groups excluding tert-OH is 2. The van der Waals surface area contributed by atoms with E-state index >= 15 is 0 Å². The lowest BCUT2D eigenvalue weighted by atomic mass is 10.0. The number of aliphatic hydroxyl groups is 2. The van der Waals surface area contributed by atoms with Crippen molar-refractivity contribution in [1.82, 2.24) is 5.32 Å². The zero-order valence-corrected chi connectivity index (χ0v) is 56.6. The molecule has 6 nitrogen and oxygen atoms in total. The monoisotopic (exact) mass is 1180 g/mol. The maximum Gasteiger partial charge on any atom is 0.305 e. The third-order valence-corrected chi connectivity index (χ3v) is 17.6. The number of hydrogen-bond donors (Lipinski definition) is 3. The summed E-state index contributed by atoms with van der Waals surface area (Å²) < 4.78 is 5.51. The van der Waals surface area contributed by atoms with E-state index in [1.165, 1.54) is 327 Å². The van der Waals surface area contributed by atoms with Crippen LogP contribution in [0.2, 0.25) is 0 Å². The average Bonchev–Trinajstić information content (AvgIpc) is 3.51. The number of carbonyl (C=O) groups is 2. The summed E-state index contributed by atoms with van der Waals surface area (Å²) in [5.74, 6) is -0.0625. The van der Waals surface area contributed by atoms with Crippen molar-refractivity contribution in [2.75, 3.05) is 13.2 Å². The van der Waals surface area contributed by atoms with Crippen LogP contribution in [0.25, 0.3) is 0 Å². The van der Waals surface area contributed by atoms with Crippen molar-refractivity contribution in [2.24, 2.45) is 0 Å². The fourth-order valence-electron chi connectivity index (χ4n) is 11.8. The van der Waals surface area contributed by atoms with Crippen LogP contribution >= 0.6 is 0 Å². The van der Waals surface area contributed by atoms with Gasteiger partial charge in [0.25, 0.3) is 0 Å². The highest BCUT2D eigenvalue weighted by Gasteiger charge is 2.18. The number of unbranched alkanes of at least 4 members (excludes halogenated alkanes) is 54. The SMILES string of the molecule is CCCCC/C=C\C/C=C\CCCCCCCCCCCC(=O)OCCCCCCCCCCCCCC/C=C\CCCCCCCCCC(=O)NC(CO)C(O)/C=C/CCCCCCCCCCCCCCCCCCCCCCCCC. The molecule has 84 heavy (non-hydrogen) atoms. The number of carbonyl (C=O) groups excluding carboxylic acids is 2. The molecule has 0 aliphatic heterocycles. The van der Waals surface area contributed by atoms with Gasteiger partial charge in [-0.15, -0.1) is 0 Å². The van der Waals surface area contributed by atoms with Gasteiger partial charge in [0.2, 0.25) is 5.91 Å². The van der Waals surface area contributed by atoms with Gasteiger partial charge in [0.15, 0.2) is 0 Å². The average molecular weight is 1180 g/mol. The molecule has 2 unspecified atom stereocenters. The number of rotatable bonds is 71. The minimum absolute atomic E-state index is 0.00779. The van der Waals surface area contributed by atoms with Crippen LogP contribution in [-0.2, 0) is 14.3 Å². The van der Waals surface area contributed by atoms with Crippen molar-refractivity contribution in [1.29, 1.82) is 0 Å². The van der Waals surface area contributed by atoms with Crippen LogP contribution in [0.5, 0.6) is 0 Å². The van der Waals surface area contributed by atoms with E-state index in [0.29, 0.717) is 19.4 Å². The number of esters is 1. The van der Waals surface area contributed by atoms with Crippen LogP contribution < -0.4 is 5.32 Å². The summed E-state index contributed by atoms with van der Waals surface area (Å²) in [5.41, 5.74) is 0. The summed E-state index contributed by atoms with van der Waals surface area (Å²) in [6.07, 6.45) is 96.3. The number of nitrogens with one attached hydrogen (secondary N) is 1. The van der Waals surface area contributed by atoms with Gasteiger partial charge in [-0.3, -0.25) is 9.59 Å². The second-order valence-electron chi connectivity index (χ2n) is 26.0. The Kier molecular flexibility index (Phi) is 71.4. The zero-order chi connectivity index (χ0) is 60.6. The van der Waals surface area contributed by atoms with Crippen molar-refractivity contribution in [3.8, 4) is 0 Å². The quantitative estimate of drug-likeness (QED) is 0.0320. The van der Waals surface area contributed by atoms with Gasteiger partial charge in [0.05, 0.1) is 25.4 Å². The summed E-state index contributed by atoms with van der Waals surface area (Å²) in [7, 11) is 0. The predicted octanol–water partition coefficient (Wildman–Crippen LogP) is 24.8. The topological polar surface area (TPSA) is 95.9 Å². The van der Waals surface area contributed by atoms with E-state index in [-0.39, 0.29) is 18.5 Å². The van der Waals surface area contributed by atoms with Crippen molar-refractivity contribution < 1.29 is 24.5 Å². The first-order valence-electron chi connectivity index (χ1n) is 37.9. The van der Waals surface area contributed by atoms with E-state index in [1.807, 2.05) is 6.08 Å². The van der Waals surface area contributed by atoms with E-state index in [1.54, 1.807) is 6.08 Å². The molecule has 0 rings (SSSR count). The van der Waals surface area contributed by atoms with Gasteiger partial charge >= 0.3 is 5.97 Å². The zero-order valence-electron chi connectivity index (χ0n) is 56.6. The Bertz CT molecular complexity index is 1400. The molecular weight excluding hydrogens is 1030 g/mol. The molecule has 2 atom stereocenters. The summed E-state index contributed by atoms with van der Waals surface area (Å²) >= 11 is 0. The predicted molar refractivity (Wildman–Crippen MR) is 370 cm³/mol. The van der Waals surface area contributed by atoms with Gasteiger partial charge in [-0.2, -0.15) is 0 Å². The Morgan fingerprint density at radius 3 is 0.940 bits per heavy atom. The Balaban J connectivity index is 3.43. The molecule has 0 aromatic heterocycles. The minimum atomic E-state index is -0.851. The lowest BCUT2D eigenvalue weighted by Gasteiger charge is -2.20. The fraction of sp³-hybridized carbons (Fsp3) is 0.872. The van der Waals surface area contributed by atoms with Crippen LogP contribution in [0, 0.1) is 0 Å². The molecular formula is C78H147NO5. The van der Waals surface area contributed by atoms with E-state index in [2.05, 4.69) is 55.6 Å². The van der Waals surface area contributed by atoms with Crippen molar-refractivity contribution in [2.45, 2.75) is 424 Å². The molecule has 1 amide bonds. The molecule has 0 spiro atoms. The van der Waals surface area contributed by atoms with Gasteiger partial charge in [-0.1, -0.05) is 358 Å². The van der Waals surface area contributed by atoms with E-state index < -0.39 is 12.1 Å². The van der Waals surface area contributed by atoms with Crippen molar-refractivity contribution in [3.05, 3.63) is 48.6 Å². The Morgan fingerprint density at radius 2 is 0.595 bits per heavy atom. The molecule has 0 bridgehead atoms. The fourth-order valence-corrected chi connectivity index (χ4v) is 11.8. The molecule has 0 aromatic rings. The second-order valence-corrected chi connectivity index (χ2v) is 26.0. The van der Waals surface area contributed by atoms with Crippen molar-refractivity contribution in [3.63, 3.8) is 0 Å². The van der Waals surface area contributed by atoms with Crippen LogP contribution in [0.3, 0.4) is 0 Å².